The maximum absolute atomic E-state index is 12.5. The van der Waals surface area contributed by atoms with E-state index in [1.165, 1.54) is 17.0 Å². The minimum atomic E-state index is -4.35. The molecule has 0 aliphatic carbocycles. The van der Waals surface area contributed by atoms with Crippen LogP contribution in [0.3, 0.4) is 0 Å². The summed E-state index contributed by atoms with van der Waals surface area (Å²) in [5.74, 6) is 0.566. The van der Waals surface area contributed by atoms with E-state index in [1.807, 2.05) is 31.2 Å². The SMILES string of the molecule is Cc1ccc(OCCC(=O)N(C)Cc2ccc(C(F)(F)F)cc2)cc1. The van der Waals surface area contributed by atoms with Gasteiger partial charge >= 0.3 is 6.18 Å². The number of ether oxygens (including phenoxy) is 1. The van der Waals surface area contributed by atoms with E-state index >= 15 is 0 Å². The third-order valence-corrected chi connectivity index (χ3v) is 3.73. The summed E-state index contributed by atoms with van der Waals surface area (Å²) in [5, 5.41) is 0. The topological polar surface area (TPSA) is 29.5 Å². The molecule has 0 saturated carbocycles. The molecule has 0 spiro atoms. The van der Waals surface area contributed by atoms with Crippen LogP contribution in [0.2, 0.25) is 0 Å². The Morgan fingerprint density at radius 1 is 1.04 bits per heavy atom. The predicted molar refractivity (Wildman–Crippen MR) is 89.2 cm³/mol. The standard InChI is InChI=1S/C19H20F3NO2/c1-14-3-9-17(10-4-14)25-12-11-18(24)23(2)13-15-5-7-16(8-6-15)19(20,21)22/h3-10H,11-13H2,1-2H3. The Balaban J connectivity index is 1.80. The second kappa shape index (κ2) is 8.05. The third kappa shape index (κ3) is 5.81. The fraction of sp³-hybridized carbons (Fsp3) is 0.316. The molecule has 0 unspecified atom stereocenters. The Morgan fingerprint density at radius 2 is 1.64 bits per heavy atom. The van der Waals surface area contributed by atoms with E-state index in [4.69, 9.17) is 4.74 Å². The van der Waals surface area contributed by atoms with Crippen molar-refractivity contribution in [1.82, 2.24) is 4.90 Å². The van der Waals surface area contributed by atoms with Gasteiger partial charge in [-0.15, -0.1) is 0 Å². The van der Waals surface area contributed by atoms with E-state index < -0.39 is 11.7 Å². The van der Waals surface area contributed by atoms with E-state index in [-0.39, 0.29) is 25.5 Å². The molecule has 3 nitrogen and oxygen atoms in total. The Labute approximate surface area is 145 Å². The minimum absolute atomic E-state index is 0.132. The van der Waals surface area contributed by atoms with Crippen molar-refractivity contribution in [3.05, 3.63) is 65.2 Å². The Hall–Kier alpha value is -2.50. The van der Waals surface area contributed by atoms with Crippen molar-refractivity contribution >= 4 is 5.91 Å². The molecule has 0 aromatic heterocycles. The molecule has 0 heterocycles. The van der Waals surface area contributed by atoms with Crippen molar-refractivity contribution < 1.29 is 22.7 Å². The summed E-state index contributed by atoms with van der Waals surface area (Å²) in [5.41, 5.74) is 1.07. The average Bonchev–Trinajstić information content (AvgIpc) is 2.56. The molecule has 6 heteroatoms. The highest BCUT2D eigenvalue weighted by Gasteiger charge is 2.29. The smallest absolute Gasteiger partial charge is 0.416 e. The van der Waals surface area contributed by atoms with Gasteiger partial charge in [0.15, 0.2) is 0 Å². The van der Waals surface area contributed by atoms with Gasteiger partial charge in [-0.3, -0.25) is 4.79 Å². The first-order chi connectivity index (χ1) is 11.8. The summed E-state index contributed by atoms with van der Waals surface area (Å²) in [6.07, 6.45) is -4.15. The highest BCUT2D eigenvalue weighted by Crippen LogP contribution is 2.29. The third-order valence-electron chi connectivity index (χ3n) is 3.73. The number of hydrogen-bond donors (Lipinski definition) is 0. The van der Waals surface area contributed by atoms with Crippen LogP contribution >= 0.6 is 0 Å². The van der Waals surface area contributed by atoms with Crippen LogP contribution in [0, 0.1) is 6.92 Å². The fourth-order valence-corrected chi connectivity index (χ4v) is 2.24. The number of alkyl halides is 3. The molecule has 0 radical (unpaired) electrons. The van der Waals surface area contributed by atoms with E-state index in [0.717, 1.165) is 17.7 Å². The van der Waals surface area contributed by atoms with Crippen LogP contribution in [0.15, 0.2) is 48.5 Å². The number of amides is 1. The van der Waals surface area contributed by atoms with Gasteiger partial charge in [-0.05, 0) is 36.8 Å². The highest BCUT2D eigenvalue weighted by molar-refractivity contribution is 5.76. The molecule has 2 rings (SSSR count). The van der Waals surface area contributed by atoms with E-state index in [1.54, 1.807) is 7.05 Å². The number of halogens is 3. The van der Waals surface area contributed by atoms with Crippen LogP contribution in [-0.2, 0) is 17.5 Å². The van der Waals surface area contributed by atoms with Crippen LogP contribution in [0.1, 0.15) is 23.1 Å². The zero-order chi connectivity index (χ0) is 18.4. The first kappa shape index (κ1) is 18.8. The number of rotatable bonds is 6. The summed E-state index contributed by atoms with van der Waals surface area (Å²) in [6.45, 7) is 2.48. The molecule has 0 fully saturated rings. The number of hydrogen-bond acceptors (Lipinski definition) is 2. The molecule has 0 aliphatic rings. The molecule has 134 valence electrons. The molecule has 0 atom stereocenters. The number of carbonyl (C=O) groups excluding carboxylic acids is 1. The molecule has 2 aromatic rings. The van der Waals surface area contributed by atoms with Crippen LogP contribution < -0.4 is 4.74 Å². The summed E-state index contributed by atoms with van der Waals surface area (Å²) >= 11 is 0. The molecule has 25 heavy (non-hydrogen) atoms. The van der Waals surface area contributed by atoms with Crippen molar-refractivity contribution in [1.29, 1.82) is 0 Å². The van der Waals surface area contributed by atoms with Gasteiger partial charge in [0.2, 0.25) is 5.91 Å². The number of carbonyl (C=O) groups is 1. The predicted octanol–water partition coefficient (Wildman–Crippen LogP) is 4.44. The average molecular weight is 351 g/mol. The molecule has 0 aliphatic heterocycles. The second-order valence-corrected chi connectivity index (χ2v) is 5.86. The second-order valence-electron chi connectivity index (χ2n) is 5.86. The number of benzene rings is 2. The number of nitrogens with zero attached hydrogens (tertiary/aromatic N) is 1. The van der Waals surface area contributed by atoms with Crippen LogP contribution in [-0.4, -0.2) is 24.5 Å². The van der Waals surface area contributed by atoms with Crippen molar-refractivity contribution in [3.8, 4) is 5.75 Å². The van der Waals surface area contributed by atoms with Crippen molar-refractivity contribution in [2.24, 2.45) is 0 Å². The monoisotopic (exact) mass is 351 g/mol. The quantitative estimate of drug-likeness (QED) is 0.770. The fourth-order valence-electron chi connectivity index (χ4n) is 2.24. The molecule has 0 saturated heterocycles. The van der Waals surface area contributed by atoms with Crippen LogP contribution in [0.25, 0.3) is 0 Å². The molecule has 0 N–H and O–H groups in total. The lowest BCUT2D eigenvalue weighted by atomic mass is 10.1. The summed E-state index contributed by atoms with van der Waals surface area (Å²) in [7, 11) is 1.62. The van der Waals surface area contributed by atoms with E-state index in [0.29, 0.717) is 11.3 Å². The van der Waals surface area contributed by atoms with Gasteiger partial charge in [0, 0.05) is 13.6 Å². The largest absolute Gasteiger partial charge is 0.493 e. The molecule has 1 amide bonds. The Morgan fingerprint density at radius 3 is 2.20 bits per heavy atom. The lowest BCUT2D eigenvalue weighted by Crippen LogP contribution is -2.27. The lowest BCUT2D eigenvalue weighted by Gasteiger charge is -2.18. The maximum Gasteiger partial charge on any atom is 0.416 e. The van der Waals surface area contributed by atoms with E-state index in [9.17, 15) is 18.0 Å². The molecular formula is C19H20F3NO2. The molecular weight excluding hydrogens is 331 g/mol. The van der Waals surface area contributed by atoms with Gasteiger partial charge in [-0.25, -0.2) is 0 Å². The maximum atomic E-state index is 12.5. The van der Waals surface area contributed by atoms with Gasteiger partial charge in [0.05, 0.1) is 18.6 Å². The van der Waals surface area contributed by atoms with Crippen molar-refractivity contribution in [3.63, 3.8) is 0 Å². The van der Waals surface area contributed by atoms with E-state index in [2.05, 4.69) is 0 Å². The van der Waals surface area contributed by atoms with Gasteiger partial charge in [-0.1, -0.05) is 29.8 Å². The summed E-state index contributed by atoms with van der Waals surface area (Å²) < 4.78 is 43.1. The first-order valence-corrected chi connectivity index (χ1v) is 7.85. The van der Waals surface area contributed by atoms with Crippen molar-refractivity contribution in [2.75, 3.05) is 13.7 Å². The molecule has 0 bridgehead atoms. The van der Waals surface area contributed by atoms with Crippen molar-refractivity contribution in [2.45, 2.75) is 26.1 Å². The highest BCUT2D eigenvalue weighted by atomic mass is 19.4. The summed E-state index contributed by atoms with van der Waals surface area (Å²) in [6, 6.07) is 12.3. The number of aryl methyl sites for hydroxylation is 1. The first-order valence-electron chi connectivity index (χ1n) is 7.85. The zero-order valence-electron chi connectivity index (χ0n) is 14.1. The molecule has 2 aromatic carbocycles. The lowest BCUT2D eigenvalue weighted by molar-refractivity contribution is -0.137. The van der Waals surface area contributed by atoms with Gasteiger partial charge in [0.25, 0.3) is 0 Å². The minimum Gasteiger partial charge on any atom is -0.493 e. The zero-order valence-corrected chi connectivity index (χ0v) is 14.1. The van der Waals surface area contributed by atoms with Gasteiger partial charge in [-0.2, -0.15) is 13.2 Å². The Bertz CT molecular complexity index is 694. The normalized spacial score (nSPS) is 11.2. The van der Waals surface area contributed by atoms with Crippen LogP contribution in [0.5, 0.6) is 5.75 Å². The van der Waals surface area contributed by atoms with Crippen LogP contribution in [0.4, 0.5) is 13.2 Å². The summed E-state index contributed by atoms with van der Waals surface area (Å²) in [4.78, 5) is 13.6. The Kier molecular flexibility index (Phi) is 6.07. The van der Waals surface area contributed by atoms with Gasteiger partial charge < -0.3 is 9.64 Å². The van der Waals surface area contributed by atoms with Gasteiger partial charge in [0.1, 0.15) is 5.75 Å².